The lowest BCUT2D eigenvalue weighted by atomic mass is 9.80. The van der Waals surface area contributed by atoms with Crippen molar-refractivity contribution in [2.45, 2.75) is 33.1 Å². The predicted molar refractivity (Wildman–Crippen MR) is 124 cm³/mol. The summed E-state index contributed by atoms with van der Waals surface area (Å²) in [4.78, 5) is 39.1. The van der Waals surface area contributed by atoms with E-state index in [1.807, 2.05) is 0 Å². The number of rotatable bonds is 4. The van der Waals surface area contributed by atoms with Gasteiger partial charge in [-0.3, -0.25) is 9.59 Å². The van der Waals surface area contributed by atoms with Crippen LogP contribution >= 0.6 is 11.6 Å². The van der Waals surface area contributed by atoms with Crippen LogP contribution in [0.25, 0.3) is 0 Å². The van der Waals surface area contributed by atoms with E-state index in [4.69, 9.17) is 16.3 Å². The molecule has 0 aliphatic carbocycles. The zero-order chi connectivity index (χ0) is 28.6. The van der Waals surface area contributed by atoms with Gasteiger partial charge in [0.1, 0.15) is 5.41 Å². The van der Waals surface area contributed by atoms with E-state index in [2.05, 4.69) is 5.10 Å². The number of ether oxygens (including phenoxy) is 1. The Hall–Kier alpha value is -3.61. The maximum absolute atomic E-state index is 13.9. The molecule has 0 saturated heterocycles. The number of esters is 1. The van der Waals surface area contributed by atoms with Gasteiger partial charge < -0.3 is 4.74 Å². The number of hydrogen-bond donors (Lipinski definition) is 0. The zero-order valence-electron chi connectivity index (χ0n) is 20.1. The summed E-state index contributed by atoms with van der Waals surface area (Å²) in [5, 5.41) is 3.90. The number of hydrogen-bond acceptors (Lipinski definition) is 5. The minimum atomic E-state index is -4.96. The summed E-state index contributed by atoms with van der Waals surface area (Å²) in [6, 6.07) is 5.09. The van der Waals surface area contributed by atoms with Crippen molar-refractivity contribution in [1.82, 2.24) is 5.01 Å². The van der Waals surface area contributed by atoms with Crippen LogP contribution in [0.1, 0.15) is 37.5 Å². The first-order valence-electron chi connectivity index (χ1n) is 10.9. The SMILES string of the molecule is CCOC(=O)C1(C)CN(C(=O)N(C(C)=O)c2ccc(C(F)(F)F)cc2)N=C1c1cccc(Cl)c1C(F)(F)F. The highest BCUT2D eigenvalue weighted by molar-refractivity contribution is 6.32. The molecule has 0 N–H and O–H groups in total. The first kappa shape index (κ1) is 29.0. The van der Waals surface area contributed by atoms with E-state index in [9.17, 15) is 40.7 Å². The second-order valence-corrected chi connectivity index (χ2v) is 8.81. The highest BCUT2D eigenvalue weighted by Crippen LogP contribution is 2.42. The number of nitrogens with zero attached hydrogens (tertiary/aromatic N) is 3. The fraction of sp³-hybridized carbons (Fsp3) is 0.333. The molecule has 1 aliphatic rings. The molecule has 0 radical (unpaired) electrons. The van der Waals surface area contributed by atoms with Crippen LogP contribution in [0.2, 0.25) is 5.02 Å². The first-order valence-corrected chi connectivity index (χ1v) is 11.3. The molecular weight excluding hydrogens is 544 g/mol. The summed E-state index contributed by atoms with van der Waals surface area (Å²) in [7, 11) is 0. The van der Waals surface area contributed by atoms with Gasteiger partial charge in [0.25, 0.3) is 0 Å². The number of amides is 3. The van der Waals surface area contributed by atoms with Crippen molar-refractivity contribution in [2.75, 3.05) is 18.1 Å². The lowest BCUT2D eigenvalue weighted by molar-refractivity contribution is -0.150. The van der Waals surface area contributed by atoms with E-state index in [-0.39, 0.29) is 12.3 Å². The number of hydrazone groups is 1. The van der Waals surface area contributed by atoms with Gasteiger partial charge in [-0.05, 0) is 44.2 Å². The molecule has 0 bridgehead atoms. The molecule has 0 spiro atoms. The third-order valence-electron chi connectivity index (χ3n) is 5.67. The van der Waals surface area contributed by atoms with E-state index in [0.717, 1.165) is 31.2 Å². The highest BCUT2D eigenvalue weighted by Gasteiger charge is 2.52. The first-order chi connectivity index (χ1) is 17.5. The molecule has 204 valence electrons. The Bertz CT molecular complexity index is 1290. The lowest BCUT2D eigenvalue weighted by Gasteiger charge is -2.27. The van der Waals surface area contributed by atoms with Crippen LogP contribution in [0.4, 0.5) is 36.8 Å². The second kappa shape index (κ2) is 10.3. The third kappa shape index (κ3) is 5.47. The number of urea groups is 1. The molecule has 3 rings (SSSR count). The van der Waals surface area contributed by atoms with Crippen LogP contribution in [0.15, 0.2) is 47.6 Å². The molecule has 1 atom stereocenters. The van der Waals surface area contributed by atoms with Gasteiger partial charge in [0.2, 0.25) is 5.91 Å². The third-order valence-corrected chi connectivity index (χ3v) is 5.98. The Kier molecular flexibility index (Phi) is 7.83. The van der Waals surface area contributed by atoms with E-state index in [1.54, 1.807) is 0 Å². The van der Waals surface area contributed by atoms with E-state index >= 15 is 0 Å². The largest absolute Gasteiger partial charge is 0.465 e. The number of carbonyl (C=O) groups excluding carboxylic acids is 3. The van der Waals surface area contributed by atoms with Gasteiger partial charge in [0, 0.05) is 12.5 Å². The molecule has 3 amide bonds. The van der Waals surface area contributed by atoms with Crippen molar-refractivity contribution in [3.63, 3.8) is 0 Å². The van der Waals surface area contributed by atoms with Gasteiger partial charge in [-0.2, -0.15) is 31.4 Å². The molecule has 14 heteroatoms. The van der Waals surface area contributed by atoms with Crippen LogP contribution in [0.3, 0.4) is 0 Å². The van der Waals surface area contributed by atoms with Crippen molar-refractivity contribution in [3.05, 3.63) is 64.2 Å². The molecule has 1 aliphatic heterocycles. The van der Waals surface area contributed by atoms with Gasteiger partial charge in [-0.25, -0.2) is 14.7 Å². The highest BCUT2D eigenvalue weighted by atomic mass is 35.5. The van der Waals surface area contributed by atoms with Gasteiger partial charge in [-0.15, -0.1) is 0 Å². The minimum absolute atomic E-state index is 0.136. The maximum Gasteiger partial charge on any atom is 0.418 e. The van der Waals surface area contributed by atoms with Crippen molar-refractivity contribution in [3.8, 4) is 0 Å². The average Bonchev–Trinajstić information content (AvgIpc) is 3.16. The Morgan fingerprint density at radius 3 is 2.16 bits per heavy atom. The normalized spacial score (nSPS) is 17.7. The fourth-order valence-corrected chi connectivity index (χ4v) is 4.19. The lowest BCUT2D eigenvalue weighted by Crippen LogP contribution is -2.46. The van der Waals surface area contributed by atoms with Crippen molar-refractivity contribution >= 4 is 40.9 Å². The van der Waals surface area contributed by atoms with E-state index in [1.165, 1.54) is 19.9 Å². The summed E-state index contributed by atoms with van der Waals surface area (Å²) in [5.74, 6) is -1.92. The quantitative estimate of drug-likeness (QED) is 0.331. The summed E-state index contributed by atoms with van der Waals surface area (Å²) in [5.41, 5.74) is -5.57. The van der Waals surface area contributed by atoms with Crippen molar-refractivity contribution in [2.24, 2.45) is 10.5 Å². The van der Waals surface area contributed by atoms with Gasteiger partial charge in [-0.1, -0.05) is 23.7 Å². The minimum Gasteiger partial charge on any atom is -0.465 e. The molecule has 7 nitrogen and oxygen atoms in total. The van der Waals surface area contributed by atoms with Gasteiger partial charge >= 0.3 is 24.4 Å². The summed E-state index contributed by atoms with van der Waals surface area (Å²) in [6.07, 6.45) is -9.64. The molecule has 0 aromatic heterocycles. The van der Waals surface area contributed by atoms with E-state index in [0.29, 0.717) is 22.0 Å². The molecule has 2 aromatic carbocycles. The summed E-state index contributed by atoms with van der Waals surface area (Å²) < 4.78 is 85.7. The van der Waals surface area contributed by atoms with Crippen molar-refractivity contribution in [1.29, 1.82) is 0 Å². The number of benzene rings is 2. The Morgan fingerprint density at radius 2 is 1.66 bits per heavy atom. The summed E-state index contributed by atoms with van der Waals surface area (Å²) in [6.45, 7) is 2.88. The molecule has 2 aromatic rings. The molecule has 0 saturated carbocycles. The van der Waals surface area contributed by atoms with Gasteiger partial charge in [0.05, 0.1) is 40.7 Å². The Balaban J connectivity index is 2.14. The monoisotopic (exact) mass is 563 g/mol. The van der Waals surface area contributed by atoms with Crippen molar-refractivity contribution < 1.29 is 45.5 Å². The molecule has 1 unspecified atom stereocenters. The summed E-state index contributed by atoms with van der Waals surface area (Å²) >= 11 is 5.84. The smallest absolute Gasteiger partial charge is 0.418 e. The number of carbonyl (C=O) groups is 3. The zero-order valence-corrected chi connectivity index (χ0v) is 20.8. The van der Waals surface area contributed by atoms with Crippen LogP contribution in [0.5, 0.6) is 0 Å². The topological polar surface area (TPSA) is 79.3 Å². The predicted octanol–water partition coefficient (Wildman–Crippen LogP) is 6.14. The molecule has 0 fully saturated rings. The molecular formula is C24H20ClF6N3O4. The van der Waals surface area contributed by atoms with Crippen LogP contribution in [-0.2, 0) is 26.7 Å². The van der Waals surface area contributed by atoms with E-state index < -0.39 is 69.6 Å². The Labute approximate surface area is 217 Å². The standard InChI is InChI=1S/C24H20ClF6N3O4/c1-4-38-20(36)22(3)12-33(32-19(22)16-6-5-7-17(25)18(16)24(29,30)31)21(37)34(13(2)35)15-10-8-14(9-11-15)23(26,27)28/h5-11H,4,12H2,1-3H3. The Morgan fingerprint density at radius 1 is 1.05 bits per heavy atom. The maximum atomic E-state index is 13.9. The number of alkyl halides is 6. The number of imide groups is 1. The average molecular weight is 564 g/mol. The molecule has 38 heavy (non-hydrogen) atoms. The van der Waals surface area contributed by atoms with Crippen LogP contribution < -0.4 is 4.90 Å². The fourth-order valence-electron chi connectivity index (χ4n) is 3.91. The molecule has 1 heterocycles. The number of halogens is 7. The van der Waals surface area contributed by atoms with Gasteiger partial charge in [0.15, 0.2) is 0 Å². The van der Waals surface area contributed by atoms with Crippen LogP contribution in [-0.4, -0.2) is 41.8 Å². The number of anilines is 1. The second-order valence-electron chi connectivity index (χ2n) is 8.40. The van der Waals surface area contributed by atoms with Crippen LogP contribution in [0, 0.1) is 5.41 Å².